The normalized spacial score (nSPS) is 9.85. The van der Waals surface area contributed by atoms with E-state index in [9.17, 15) is 14.2 Å². The molecule has 0 aromatic heterocycles. The molecule has 5 N–H and O–H groups in total. The van der Waals surface area contributed by atoms with Crippen molar-refractivity contribution in [3.05, 3.63) is 0 Å². The first-order chi connectivity index (χ1) is 5.70. The van der Waals surface area contributed by atoms with Crippen molar-refractivity contribution in [2.45, 2.75) is 6.92 Å². The quantitative estimate of drug-likeness (QED) is 0.340. The van der Waals surface area contributed by atoms with Crippen molar-refractivity contribution in [2.75, 3.05) is 12.7 Å². The third-order valence-corrected chi connectivity index (χ3v) is 1.56. The molecule has 0 amide bonds. The number of carbonyl (C=O) groups excluding carboxylic acids is 1. The molecule has 0 aliphatic heterocycles. The highest BCUT2D eigenvalue weighted by molar-refractivity contribution is 7.51. The van der Waals surface area contributed by atoms with E-state index in [0.717, 1.165) is 6.92 Å². The Labute approximate surface area is 74.7 Å². The van der Waals surface area contributed by atoms with Gasteiger partial charge >= 0.3 is 13.6 Å². The number of Topliss-reactive ketones (excluding diaryl/α,β-unsaturated/α-hetero) is 1. The average Bonchev–Trinajstić information content (AvgIpc) is 1.85. The van der Waals surface area contributed by atoms with E-state index < -0.39 is 19.3 Å². The van der Waals surface area contributed by atoms with Crippen molar-refractivity contribution < 1.29 is 29.0 Å². The van der Waals surface area contributed by atoms with Crippen LogP contribution in [0.1, 0.15) is 6.92 Å². The molecular weight excluding hydrogens is 201 g/mol. The van der Waals surface area contributed by atoms with E-state index in [4.69, 9.17) is 20.6 Å². The van der Waals surface area contributed by atoms with E-state index >= 15 is 0 Å². The first-order valence-electron chi connectivity index (χ1n) is 3.19. The summed E-state index contributed by atoms with van der Waals surface area (Å²) < 4.78 is 9.85. The van der Waals surface area contributed by atoms with Crippen LogP contribution < -0.4 is 5.73 Å². The molecule has 0 radical (unpaired) electrons. The van der Waals surface area contributed by atoms with Crippen LogP contribution in [0.4, 0.5) is 0 Å². The van der Waals surface area contributed by atoms with Crippen LogP contribution in [0.2, 0.25) is 0 Å². The van der Waals surface area contributed by atoms with E-state index in [0.29, 0.717) is 0 Å². The Kier molecular flexibility index (Phi) is 7.64. The molecule has 0 heterocycles. The molecular formula is C5H12NO6P. The molecule has 0 aromatic rings. The summed E-state index contributed by atoms with van der Waals surface area (Å²) in [5.41, 5.74) is 4.82. The van der Waals surface area contributed by atoms with Crippen molar-refractivity contribution in [2.24, 2.45) is 5.73 Å². The molecule has 0 saturated carbocycles. The molecule has 78 valence electrons. The minimum Gasteiger partial charge on any atom is -0.476 e. The van der Waals surface area contributed by atoms with Crippen LogP contribution in [-0.2, 0) is 14.2 Å². The summed E-state index contributed by atoms with van der Waals surface area (Å²) in [6.45, 7) is 1.05. The van der Waals surface area contributed by atoms with Gasteiger partial charge in [-0.15, -0.1) is 0 Å². The predicted octanol–water partition coefficient (Wildman–Crippen LogP) is -1.22. The second-order valence-electron chi connectivity index (χ2n) is 2.04. The number of nitrogens with two attached hydrogens (primary N) is 1. The molecule has 0 fully saturated rings. The van der Waals surface area contributed by atoms with Gasteiger partial charge in [0.05, 0.1) is 6.16 Å². The Bertz CT molecular complexity index is 209. The zero-order valence-corrected chi connectivity index (χ0v) is 7.90. The predicted molar refractivity (Wildman–Crippen MR) is 44.3 cm³/mol. The Morgan fingerprint density at radius 2 is 1.69 bits per heavy atom. The Morgan fingerprint density at radius 1 is 1.38 bits per heavy atom. The monoisotopic (exact) mass is 213 g/mol. The van der Waals surface area contributed by atoms with Crippen molar-refractivity contribution in [1.29, 1.82) is 0 Å². The fraction of sp³-hybridized carbons (Fsp3) is 0.600. The van der Waals surface area contributed by atoms with Crippen LogP contribution in [0.5, 0.6) is 0 Å². The maximum atomic E-state index is 9.85. The standard InChI is InChI=1S/C3H4O3.C2H8NO3P/c1-2(4)3(5)6;3-1-2-7(4,5)6/h1H3,(H,5,6);1-3H2,(H2,4,5,6). The Morgan fingerprint density at radius 3 is 1.69 bits per heavy atom. The SMILES string of the molecule is CC(=O)C(=O)O.NCCP(=O)(O)O. The van der Waals surface area contributed by atoms with Crippen molar-refractivity contribution >= 4 is 19.3 Å². The molecule has 0 unspecified atom stereocenters. The van der Waals surface area contributed by atoms with E-state index in [-0.39, 0.29) is 12.7 Å². The minimum absolute atomic E-state index is 0.0459. The zero-order valence-electron chi connectivity index (χ0n) is 7.01. The van der Waals surface area contributed by atoms with Crippen molar-refractivity contribution in [1.82, 2.24) is 0 Å². The highest BCUT2D eigenvalue weighted by Gasteiger charge is 2.08. The molecule has 8 heteroatoms. The van der Waals surface area contributed by atoms with Gasteiger partial charge in [0.15, 0.2) is 0 Å². The molecule has 0 atom stereocenters. The lowest BCUT2D eigenvalue weighted by Crippen LogP contribution is -2.05. The average molecular weight is 213 g/mol. The topological polar surface area (TPSA) is 138 Å². The van der Waals surface area contributed by atoms with Gasteiger partial charge in [-0.2, -0.15) is 0 Å². The van der Waals surface area contributed by atoms with Gasteiger partial charge in [0, 0.05) is 13.5 Å². The van der Waals surface area contributed by atoms with Gasteiger partial charge < -0.3 is 20.6 Å². The lowest BCUT2D eigenvalue weighted by Gasteiger charge is -1.96. The summed E-state index contributed by atoms with van der Waals surface area (Å²) in [6.07, 6.45) is -0.215. The lowest BCUT2D eigenvalue weighted by molar-refractivity contribution is -0.148. The van der Waals surface area contributed by atoms with Crippen LogP contribution in [0.25, 0.3) is 0 Å². The van der Waals surface area contributed by atoms with E-state index in [1.165, 1.54) is 0 Å². The third kappa shape index (κ3) is 18.3. The zero-order chi connectivity index (χ0) is 11.1. The summed E-state index contributed by atoms with van der Waals surface area (Å²) >= 11 is 0. The number of hydrogen-bond donors (Lipinski definition) is 4. The van der Waals surface area contributed by atoms with Gasteiger partial charge in [0.2, 0.25) is 5.78 Å². The summed E-state index contributed by atoms with van der Waals surface area (Å²) in [5.74, 6) is -2.20. The molecule has 0 bridgehead atoms. The summed E-state index contributed by atoms with van der Waals surface area (Å²) in [4.78, 5) is 35.0. The highest BCUT2D eigenvalue weighted by atomic mass is 31.2. The van der Waals surface area contributed by atoms with Crippen molar-refractivity contribution in [3.63, 3.8) is 0 Å². The molecule has 7 nitrogen and oxygen atoms in total. The molecule has 0 aromatic carbocycles. The largest absolute Gasteiger partial charge is 0.476 e. The summed E-state index contributed by atoms with van der Waals surface area (Å²) in [5, 5.41) is 7.64. The molecule has 0 rings (SSSR count). The maximum absolute atomic E-state index is 9.85. The maximum Gasteiger partial charge on any atom is 0.371 e. The van der Waals surface area contributed by atoms with Gasteiger partial charge in [0.1, 0.15) is 0 Å². The first kappa shape index (κ1) is 14.8. The summed E-state index contributed by atoms with van der Waals surface area (Å²) in [6, 6.07) is 0. The number of ketones is 1. The molecule has 0 aliphatic rings. The Hall–Kier alpha value is -0.750. The van der Waals surface area contributed by atoms with Gasteiger partial charge in [-0.25, -0.2) is 4.79 Å². The number of carboxylic acids is 1. The fourth-order valence-corrected chi connectivity index (χ4v) is 0.505. The van der Waals surface area contributed by atoms with Crippen LogP contribution in [0, 0.1) is 0 Å². The molecule has 0 aliphatic carbocycles. The second-order valence-corrected chi connectivity index (χ2v) is 3.81. The fourth-order valence-electron chi connectivity index (χ4n) is 0.168. The lowest BCUT2D eigenvalue weighted by atomic mass is 10.5. The molecule has 0 saturated heterocycles. The van der Waals surface area contributed by atoms with E-state index in [2.05, 4.69) is 0 Å². The summed E-state index contributed by atoms with van der Waals surface area (Å²) in [7, 11) is -3.79. The van der Waals surface area contributed by atoms with Crippen LogP contribution in [0.3, 0.4) is 0 Å². The van der Waals surface area contributed by atoms with E-state index in [1.54, 1.807) is 0 Å². The van der Waals surface area contributed by atoms with Gasteiger partial charge in [-0.1, -0.05) is 0 Å². The molecule has 0 spiro atoms. The Balaban J connectivity index is 0. The van der Waals surface area contributed by atoms with Crippen molar-refractivity contribution in [3.8, 4) is 0 Å². The number of carbonyl (C=O) groups is 2. The number of carboxylic acid groups (broad SMARTS) is 1. The van der Waals surface area contributed by atoms with E-state index in [1.807, 2.05) is 0 Å². The minimum atomic E-state index is -3.79. The third-order valence-electron chi connectivity index (χ3n) is 0.722. The highest BCUT2D eigenvalue weighted by Crippen LogP contribution is 2.32. The van der Waals surface area contributed by atoms with Crippen LogP contribution >= 0.6 is 7.60 Å². The second kappa shape index (κ2) is 6.73. The van der Waals surface area contributed by atoms with Crippen LogP contribution in [-0.4, -0.2) is 39.4 Å². The number of hydrogen-bond acceptors (Lipinski definition) is 4. The van der Waals surface area contributed by atoms with Gasteiger partial charge in [0.25, 0.3) is 0 Å². The molecule has 13 heavy (non-hydrogen) atoms. The van der Waals surface area contributed by atoms with Gasteiger partial charge in [-0.3, -0.25) is 9.36 Å². The van der Waals surface area contributed by atoms with Gasteiger partial charge in [-0.05, 0) is 0 Å². The number of aliphatic carboxylic acids is 1. The first-order valence-corrected chi connectivity index (χ1v) is 4.99. The number of rotatable bonds is 3. The van der Waals surface area contributed by atoms with Crippen LogP contribution in [0.15, 0.2) is 0 Å². The smallest absolute Gasteiger partial charge is 0.371 e.